The average molecular weight is 396 g/mol. The van der Waals surface area contributed by atoms with Gasteiger partial charge in [-0.25, -0.2) is 0 Å². The molecule has 2 aromatic rings. The maximum Gasteiger partial charge on any atom is 0.261 e. The Labute approximate surface area is 172 Å². The molecule has 0 saturated heterocycles. The van der Waals surface area contributed by atoms with Gasteiger partial charge in [0.25, 0.3) is 8.32 Å². The molecule has 0 aliphatic heterocycles. The first kappa shape index (κ1) is 21.3. The fourth-order valence-corrected chi connectivity index (χ4v) is 9.55. The molecule has 0 unspecified atom stereocenters. The number of rotatable bonds is 8. The molecule has 3 rings (SSSR count). The summed E-state index contributed by atoms with van der Waals surface area (Å²) in [5, 5.41) is 6.64. The normalized spacial score (nSPS) is 17.0. The van der Waals surface area contributed by atoms with Gasteiger partial charge in [0.05, 0.1) is 0 Å². The largest absolute Gasteiger partial charge is 0.406 e. The summed E-state index contributed by atoms with van der Waals surface area (Å²) in [5.41, 5.74) is 0.342. The van der Waals surface area contributed by atoms with Gasteiger partial charge in [-0.1, -0.05) is 101 Å². The molecule has 0 aromatic heterocycles. The third kappa shape index (κ3) is 4.27. The highest BCUT2D eigenvalue weighted by Crippen LogP contribution is 2.37. The van der Waals surface area contributed by atoms with Crippen LogP contribution in [0, 0.1) is 0 Å². The molecule has 0 bridgehead atoms. The first-order valence-corrected chi connectivity index (χ1v) is 12.8. The van der Waals surface area contributed by atoms with Crippen molar-refractivity contribution in [1.29, 1.82) is 0 Å². The van der Waals surface area contributed by atoms with E-state index in [-0.39, 0.29) is 5.04 Å². The topological polar surface area (TPSA) is 21.3 Å². The molecule has 0 atom stereocenters. The highest BCUT2D eigenvalue weighted by atomic mass is 28.4. The van der Waals surface area contributed by atoms with Gasteiger partial charge in [0, 0.05) is 18.7 Å². The lowest BCUT2D eigenvalue weighted by Crippen LogP contribution is -2.67. The van der Waals surface area contributed by atoms with Crippen molar-refractivity contribution in [2.45, 2.75) is 70.4 Å². The monoisotopic (exact) mass is 395 g/mol. The lowest BCUT2D eigenvalue weighted by Gasteiger charge is -2.43. The van der Waals surface area contributed by atoms with Crippen molar-refractivity contribution in [3.63, 3.8) is 0 Å². The van der Waals surface area contributed by atoms with Crippen LogP contribution < -0.4 is 15.7 Å². The lowest BCUT2D eigenvalue weighted by molar-refractivity contribution is 0.252. The van der Waals surface area contributed by atoms with E-state index in [2.05, 4.69) is 93.7 Å². The summed E-state index contributed by atoms with van der Waals surface area (Å²) in [5.74, 6) is 0. The van der Waals surface area contributed by atoms with Crippen LogP contribution in [0.4, 0.5) is 0 Å². The van der Waals surface area contributed by atoms with Crippen molar-refractivity contribution in [2.24, 2.45) is 0 Å². The van der Waals surface area contributed by atoms with E-state index in [1.54, 1.807) is 0 Å². The van der Waals surface area contributed by atoms with Crippen molar-refractivity contribution in [2.75, 3.05) is 13.2 Å². The number of hydrogen-bond donors (Lipinski definition) is 1. The van der Waals surface area contributed by atoms with Crippen molar-refractivity contribution < 1.29 is 4.43 Å². The maximum absolute atomic E-state index is 6.99. The molecule has 1 fully saturated rings. The number of benzene rings is 2. The van der Waals surface area contributed by atoms with Crippen LogP contribution in [0.3, 0.4) is 0 Å². The van der Waals surface area contributed by atoms with Gasteiger partial charge in [0.15, 0.2) is 0 Å². The second-order valence-electron chi connectivity index (χ2n) is 9.28. The second kappa shape index (κ2) is 8.94. The highest BCUT2D eigenvalue weighted by Gasteiger charge is 2.50. The standard InChI is InChI=1S/C25H37NOSi/c1-5-25(18-12-13-19-25)26-20-21-27-28(24(2,3)4,22-14-8-6-9-15-22)23-16-10-7-11-17-23/h6-11,14-17,26H,5,12-13,18-21H2,1-4H3. The molecule has 0 heterocycles. The molecule has 1 saturated carbocycles. The summed E-state index contributed by atoms with van der Waals surface area (Å²) in [6.45, 7) is 11.0. The summed E-state index contributed by atoms with van der Waals surface area (Å²) in [7, 11) is -2.40. The Hall–Kier alpha value is -1.42. The van der Waals surface area contributed by atoms with E-state index < -0.39 is 8.32 Å². The zero-order valence-electron chi connectivity index (χ0n) is 18.1. The second-order valence-corrected chi connectivity index (χ2v) is 13.6. The van der Waals surface area contributed by atoms with Gasteiger partial charge < -0.3 is 9.74 Å². The SMILES string of the molecule is CCC1(NCCO[Si](c2ccccc2)(c2ccccc2)C(C)(C)C)CCCC1. The van der Waals surface area contributed by atoms with E-state index in [4.69, 9.17) is 4.43 Å². The van der Waals surface area contributed by atoms with Crippen LogP contribution >= 0.6 is 0 Å². The molecule has 3 heteroatoms. The minimum Gasteiger partial charge on any atom is -0.406 e. The third-order valence-electron chi connectivity index (χ3n) is 6.57. The van der Waals surface area contributed by atoms with Gasteiger partial charge in [-0.05, 0) is 34.7 Å². The van der Waals surface area contributed by atoms with Gasteiger partial charge in [-0.15, -0.1) is 0 Å². The molecule has 1 aliphatic carbocycles. The van der Waals surface area contributed by atoms with Crippen molar-refractivity contribution >= 4 is 18.7 Å². The third-order valence-corrected chi connectivity index (χ3v) is 11.6. The van der Waals surface area contributed by atoms with E-state index in [0.717, 1.165) is 13.2 Å². The first-order valence-electron chi connectivity index (χ1n) is 10.9. The Morgan fingerprint density at radius 3 is 1.82 bits per heavy atom. The Morgan fingerprint density at radius 1 is 0.893 bits per heavy atom. The zero-order chi connectivity index (χ0) is 20.1. The molecule has 0 amide bonds. The molecule has 0 radical (unpaired) electrons. The molecular formula is C25H37NOSi. The van der Waals surface area contributed by atoms with Gasteiger partial charge in [-0.3, -0.25) is 0 Å². The molecule has 0 spiro atoms. The van der Waals surface area contributed by atoms with Crippen LogP contribution in [-0.4, -0.2) is 27.0 Å². The van der Waals surface area contributed by atoms with Crippen LogP contribution in [-0.2, 0) is 4.43 Å². The van der Waals surface area contributed by atoms with E-state index in [0.29, 0.717) is 5.54 Å². The zero-order valence-corrected chi connectivity index (χ0v) is 19.1. The molecule has 2 aromatic carbocycles. The number of hydrogen-bond acceptors (Lipinski definition) is 2. The Kier molecular flexibility index (Phi) is 6.80. The summed E-state index contributed by atoms with van der Waals surface area (Å²) >= 11 is 0. The van der Waals surface area contributed by atoms with Gasteiger partial charge in [0.1, 0.15) is 0 Å². The quantitative estimate of drug-likeness (QED) is 0.508. The fraction of sp³-hybridized carbons (Fsp3) is 0.520. The van der Waals surface area contributed by atoms with Crippen LogP contribution in [0.1, 0.15) is 59.8 Å². The number of nitrogens with one attached hydrogen (secondary N) is 1. The molecule has 152 valence electrons. The minimum absolute atomic E-state index is 0.0471. The van der Waals surface area contributed by atoms with E-state index >= 15 is 0 Å². The van der Waals surface area contributed by atoms with Crippen LogP contribution in [0.25, 0.3) is 0 Å². The van der Waals surface area contributed by atoms with Crippen molar-refractivity contribution in [3.05, 3.63) is 60.7 Å². The summed E-state index contributed by atoms with van der Waals surface area (Å²) in [6, 6.07) is 21.9. The maximum atomic E-state index is 6.99. The highest BCUT2D eigenvalue weighted by molar-refractivity contribution is 6.99. The van der Waals surface area contributed by atoms with E-state index in [1.807, 2.05) is 0 Å². The smallest absolute Gasteiger partial charge is 0.261 e. The van der Waals surface area contributed by atoms with Crippen LogP contribution in [0.2, 0.25) is 5.04 Å². The van der Waals surface area contributed by atoms with Gasteiger partial charge in [-0.2, -0.15) is 0 Å². The van der Waals surface area contributed by atoms with Gasteiger partial charge in [0.2, 0.25) is 0 Å². The van der Waals surface area contributed by atoms with Crippen molar-refractivity contribution in [1.82, 2.24) is 5.32 Å². The summed E-state index contributed by atoms with van der Waals surface area (Å²) < 4.78 is 6.99. The predicted molar refractivity (Wildman–Crippen MR) is 123 cm³/mol. The molecule has 2 nitrogen and oxygen atoms in total. The average Bonchev–Trinajstić information content (AvgIpc) is 3.18. The minimum atomic E-state index is -2.40. The molecule has 28 heavy (non-hydrogen) atoms. The van der Waals surface area contributed by atoms with Crippen molar-refractivity contribution in [3.8, 4) is 0 Å². The Morgan fingerprint density at radius 2 is 1.39 bits per heavy atom. The van der Waals surface area contributed by atoms with E-state index in [1.165, 1.54) is 42.5 Å². The van der Waals surface area contributed by atoms with E-state index in [9.17, 15) is 0 Å². The predicted octanol–water partition coefficient (Wildman–Crippen LogP) is 4.88. The fourth-order valence-electron chi connectivity index (χ4n) is 4.99. The first-order chi connectivity index (χ1) is 13.4. The lowest BCUT2D eigenvalue weighted by atomic mass is 9.94. The summed E-state index contributed by atoms with van der Waals surface area (Å²) in [6.07, 6.45) is 6.55. The Balaban J connectivity index is 1.86. The van der Waals surface area contributed by atoms with Gasteiger partial charge >= 0.3 is 0 Å². The molecular weight excluding hydrogens is 358 g/mol. The van der Waals surface area contributed by atoms with Crippen LogP contribution in [0.15, 0.2) is 60.7 Å². The van der Waals surface area contributed by atoms with Crippen LogP contribution in [0.5, 0.6) is 0 Å². The molecule has 1 aliphatic rings. The molecule has 1 N–H and O–H groups in total. The Bertz CT molecular complexity index is 678. The summed E-state index contributed by atoms with van der Waals surface area (Å²) in [4.78, 5) is 0.